The molecule has 2 aromatic carbocycles. The van der Waals surface area contributed by atoms with Crippen molar-refractivity contribution in [2.24, 2.45) is 0 Å². The molecule has 0 radical (unpaired) electrons. The molecular formula is C23H19ClN2. The molecule has 0 aliphatic carbocycles. The second-order valence-corrected chi connectivity index (χ2v) is 7.52. The second-order valence-electron chi connectivity index (χ2n) is 7.09. The van der Waals surface area contributed by atoms with Crippen LogP contribution in [0.15, 0.2) is 48.7 Å². The molecular weight excluding hydrogens is 340 g/mol. The summed E-state index contributed by atoms with van der Waals surface area (Å²) in [5, 5.41) is 3.95. The number of nitrogens with zero attached hydrogens (tertiary/aromatic N) is 1. The number of fused-ring (bicyclic) bond motifs is 4. The molecule has 2 aromatic heterocycles. The van der Waals surface area contributed by atoms with Gasteiger partial charge in [-0.15, -0.1) is 0 Å². The van der Waals surface area contributed by atoms with Gasteiger partial charge in [0.1, 0.15) is 0 Å². The first-order chi connectivity index (χ1) is 12.5. The summed E-state index contributed by atoms with van der Waals surface area (Å²) in [6.45, 7) is 11.0. The fourth-order valence-electron chi connectivity index (χ4n) is 4.28. The van der Waals surface area contributed by atoms with Crippen LogP contribution < -0.4 is 10.4 Å². The van der Waals surface area contributed by atoms with Crippen LogP contribution in [-0.4, -0.2) is 9.55 Å². The van der Waals surface area contributed by atoms with E-state index in [4.69, 9.17) is 11.6 Å². The smallest absolute Gasteiger partial charge is 0.0707 e. The second kappa shape index (κ2) is 5.39. The zero-order chi connectivity index (χ0) is 18.0. The summed E-state index contributed by atoms with van der Waals surface area (Å²) >= 11 is 6.05. The number of rotatable bonds is 1. The third kappa shape index (κ3) is 2.06. The predicted molar refractivity (Wildman–Crippen MR) is 110 cm³/mol. The maximum absolute atomic E-state index is 6.05. The number of hydrogen-bond donors (Lipinski definition) is 1. The number of H-pyrrole nitrogens is 1. The van der Waals surface area contributed by atoms with Crippen LogP contribution in [0.2, 0.25) is 5.02 Å². The van der Waals surface area contributed by atoms with Crippen molar-refractivity contribution in [3.8, 4) is 11.1 Å². The SMILES string of the molecule is C=c1c(-c2ccc(Cl)cc2)cc2[nH]c3c(c2c1=C)Cc1cccn1C3C. The lowest BCUT2D eigenvalue weighted by Crippen LogP contribution is -2.25. The zero-order valence-corrected chi connectivity index (χ0v) is 15.4. The van der Waals surface area contributed by atoms with Gasteiger partial charge in [0.05, 0.1) is 6.04 Å². The highest BCUT2D eigenvalue weighted by molar-refractivity contribution is 6.30. The minimum absolute atomic E-state index is 0.294. The Kier molecular flexibility index (Phi) is 3.22. The Morgan fingerprint density at radius 3 is 2.65 bits per heavy atom. The normalized spacial score (nSPS) is 15.8. The van der Waals surface area contributed by atoms with Crippen LogP contribution >= 0.6 is 11.6 Å². The summed E-state index contributed by atoms with van der Waals surface area (Å²) in [6, 6.07) is 14.7. The largest absolute Gasteiger partial charge is 0.356 e. The highest BCUT2D eigenvalue weighted by atomic mass is 35.5. The van der Waals surface area contributed by atoms with Crippen molar-refractivity contribution >= 4 is 35.7 Å². The van der Waals surface area contributed by atoms with Gasteiger partial charge in [0.2, 0.25) is 0 Å². The molecule has 0 bridgehead atoms. The van der Waals surface area contributed by atoms with Gasteiger partial charge in [-0.2, -0.15) is 0 Å². The van der Waals surface area contributed by atoms with E-state index in [0.717, 1.165) is 38.5 Å². The van der Waals surface area contributed by atoms with E-state index in [0.29, 0.717) is 6.04 Å². The Labute approximate surface area is 157 Å². The number of aromatic amines is 1. The van der Waals surface area contributed by atoms with Gasteiger partial charge in [-0.3, -0.25) is 0 Å². The number of halogens is 1. The molecule has 1 aliphatic heterocycles. The van der Waals surface area contributed by atoms with Gasteiger partial charge in [-0.25, -0.2) is 0 Å². The maximum Gasteiger partial charge on any atom is 0.0707 e. The van der Waals surface area contributed by atoms with Crippen molar-refractivity contribution in [1.82, 2.24) is 9.55 Å². The molecule has 3 heteroatoms. The van der Waals surface area contributed by atoms with E-state index in [2.05, 4.69) is 54.0 Å². The van der Waals surface area contributed by atoms with Gasteiger partial charge in [-0.1, -0.05) is 36.9 Å². The molecule has 1 N–H and O–H groups in total. The summed E-state index contributed by atoms with van der Waals surface area (Å²) in [6.07, 6.45) is 3.08. The van der Waals surface area contributed by atoms with Gasteiger partial charge in [0, 0.05) is 39.9 Å². The zero-order valence-electron chi connectivity index (χ0n) is 14.6. The van der Waals surface area contributed by atoms with Crippen LogP contribution in [-0.2, 0) is 6.42 Å². The third-order valence-corrected chi connectivity index (χ3v) is 5.91. The predicted octanol–water partition coefficient (Wildman–Crippen LogP) is 4.62. The minimum atomic E-state index is 0.294. The lowest BCUT2D eigenvalue weighted by Gasteiger charge is -2.23. The van der Waals surface area contributed by atoms with Crippen LogP contribution in [0.5, 0.6) is 0 Å². The molecule has 1 atom stereocenters. The topological polar surface area (TPSA) is 20.7 Å². The van der Waals surface area contributed by atoms with E-state index in [1.54, 1.807) is 0 Å². The van der Waals surface area contributed by atoms with Gasteiger partial charge in [-0.05, 0) is 64.4 Å². The first-order valence-electron chi connectivity index (χ1n) is 8.81. The molecule has 5 rings (SSSR count). The monoisotopic (exact) mass is 358 g/mol. The summed E-state index contributed by atoms with van der Waals surface area (Å²) in [7, 11) is 0. The van der Waals surface area contributed by atoms with Crippen molar-refractivity contribution < 1.29 is 0 Å². The Bertz CT molecular complexity index is 1260. The molecule has 26 heavy (non-hydrogen) atoms. The van der Waals surface area contributed by atoms with Crippen molar-refractivity contribution in [3.05, 3.63) is 81.1 Å². The first kappa shape index (κ1) is 15.5. The maximum atomic E-state index is 6.05. The summed E-state index contributed by atoms with van der Waals surface area (Å²) in [5.41, 5.74) is 7.33. The van der Waals surface area contributed by atoms with E-state index in [9.17, 15) is 0 Å². The number of aromatic nitrogens is 2. The van der Waals surface area contributed by atoms with Crippen LogP contribution in [0.1, 0.15) is 29.9 Å². The molecule has 1 unspecified atom stereocenters. The van der Waals surface area contributed by atoms with Gasteiger partial charge < -0.3 is 9.55 Å². The molecule has 0 amide bonds. The fraction of sp³-hybridized carbons (Fsp3) is 0.130. The number of hydrogen-bond acceptors (Lipinski definition) is 0. The average molecular weight is 359 g/mol. The van der Waals surface area contributed by atoms with Gasteiger partial charge in [0.25, 0.3) is 0 Å². The molecule has 0 saturated heterocycles. The van der Waals surface area contributed by atoms with E-state index in [-0.39, 0.29) is 0 Å². The Balaban J connectivity index is 1.79. The van der Waals surface area contributed by atoms with E-state index in [1.165, 1.54) is 22.3 Å². The van der Waals surface area contributed by atoms with Crippen LogP contribution in [0.4, 0.5) is 0 Å². The first-order valence-corrected chi connectivity index (χ1v) is 9.19. The van der Waals surface area contributed by atoms with Gasteiger partial charge >= 0.3 is 0 Å². The number of nitrogens with one attached hydrogen (secondary N) is 1. The summed E-state index contributed by atoms with van der Waals surface area (Å²) < 4.78 is 2.34. The van der Waals surface area contributed by atoms with Crippen LogP contribution in [0.3, 0.4) is 0 Å². The Hall–Kier alpha value is -2.71. The Morgan fingerprint density at radius 1 is 1.12 bits per heavy atom. The summed E-state index contributed by atoms with van der Waals surface area (Å²) in [4.78, 5) is 3.67. The molecule has 128 valence electrons. The quantitative estimate of drug-likeness (QED) is 0.512. The average Bonchev–Trinajstić information content (AvgIpc) is 3.24. The van der Waals surface area contributed by atoms with Gasteiger partial charge in [0.15, 0.2) is 0 Å². The van der Waals surface area contributed by atoms with Crippen molar-refractivity contribution in [3.63, 3.8) is 0 Å². The van der Waals surface area contributed by atoms with Crippen molar-refractivity contribution in [2.45, 2.75) is 19.4 Å². The standard InChI is InChI=1S/C23H19ClN2/c1-13-14(2)22-20-11-18-5-4-10-26(18)15(3)23(20)25-21(22)12-19(13)16-6-8-17(24)9-7-16/h4-10,12,15,25H,1-2,11H2,3H3. The lowest BCUT2D eigenvalue weighted by molar-refractivity contribution is 0.579. The molecule has 4 aromatic rings. The van der Waals surface area contributed by atoms with E-state index >= 15 is 0 Å². The van der Waals surface area contributed by atoms with E-state index in [1.807, 2.05) is 24.3 Å². The molecule has 3 heterocycles. The Morgan fingerprint density at radius 2 is 1.88 bits per heavy atom. The lowest BCUT2D eigenvalue weighted by atomic mass is 9.95. The third-order valence-electron chi connectivity index (χ3n) is 5.66. The van der Waals surface area contributed by atoms with E-state index < -0.39 is 0 Å². The van der Waals surface area contributed by atoms with Crippen LogP contribution in [0.25, 0.3) is 35.2 Å². The summed E-state index contributed by atoms with van der Waals surface area (Å²) in [5.74, 6) is 0. The van der Waals surface area contributed by atoms with Crippen molar-refractivity contribution in [1.29, 1.82) is 0 Å². The number of benzene rings is 2. The highest BCUT2D eigenvalue weighted by Crippen LogP contribution is 2.35. The highest BCUT2D eigenvalue weighted by Gasteiger charge is 2.25. The molecule has 0 spiro atoms. The fourth-order valence-corrected chi connectivity index (χ4v) is 4.41. The molecule has 0 fully saturated rings. The molecule has 0 saturated carbocycles. The van der Waals surface area contributed by atoms with Crippen LogP contribution in [0, 0.1) is 0 Å². The molecule has 1 aliphatic rings. The minimum Gasteiger partial charge on any atom is -0.356 e. The van der Waals surface area contributed by atoms with Crippen molar-refractivity contribution in [2.75, 3.05) is 0 Å². The molecule has 2 nitrogen and oxygen atoms in total.